The molecule has 0 N–H and O–H groups in total. The molecular formula is C44H28N4O. The summed E-state index contributed by atoms with van der Waals surface area (Å²) in [5.74, 6) is 0.598. The first-order valence-electron chi connectivity index (χ1n) is 16.4. The van der Waals surface area contributed by atoms with Crippen molar-refractivity contribution >= 4 is 54.5 Å². The molecule has 7 aromatic carbocycles. The third-order valence-corrected chi connectivity index (χ3v) is 9.64. The van der Waals surface area contributed by atoms with Gasteiger partial charge in [0, 0.05) is 38.5 Å². The van der Waals surface area contributed by atoms with Crippen LogP contribution in [0.1, 0.15) is 0 Å². The Morgan fingerprint density at radius 2 is 0.878 bits per heavy atom. The molecule has 0 spiro atoms. The summed E-state index contributed by atoms with van der Waals surface area (Å²) in [4.78, 5) is 19.2. The van der Waals surface area contributed by atoms with E-state index >= 15 is 0 Å². The van der Waals surface area contributed by atoms with Crippen LogP contribution in [-0.4, -0.2) is 18.7 Å². The molecule has 0 saturated heterocycles. The maximum atomic E-state index is 14.1. The zero-order valence-corrected chi connectivity index (χ0v) is 26.4. The molecule has 0 fully saturated rings. The number of rotatable bonds is 4. The van der Waals surface area contributed by atoms with E-state index in [0.29, 0.717) is 16.7 Å². The lowest BCUT2D eigenvalue weighted by molar-refractivity contribution is 0.975. The number of para-hydroxylation sites is 5. The van der Waals surface area contributed by atoms with Crippen molar-refractivity contribution in [3.8, 4) is 28.5 Å². The smallest absolute Gasteiger partial charge is 0.266 e. The van der Waals surface area contributed by atoms with E-state index in [1.165, 1.54) is 21.5 Å². The lowest BCUT2D eigenvalue weighted by Gasteiger charge is -2.16. The lowest BCUT2D eigenvalue weighted by atomic mass is 10.1. The van der Waals surface area contributed by atoms with Gasteiger partial charge >= 0.3 is 0 Å². The Morgan fingerprint density at radius 3 is 1.51 bits per heavy atom. The summed E-state index contributed by atoms with van der Waals surface area (Å²) in [5.41, 5.74) is 8.85. The van der Waals surface area contributed by atoms with E-state index in [4.69, 9.17) is 4.98 Å². The zero-order valence-electron chi connectivity index (χ0n) is 26.4. The summed E-state index contributed by atoms with van der Waals surface area (Å²) in [6, 6.07) is 58.1. The van der Waals surface area contributed by atoms with E-state index in [-0.39, 0.29) is 5.56 Å². The van der Waals surface area contributed by atoms with E-state index < -0.39 is 0 Å². The van der Waals surface area contributed by atoms with Gasteiger partial charge in [-0.2, -0.15) is 0 Å². The summed E-state index contributed by atoms with van der Waals surface area (Å²) in [7, 11) is 0. The van der Waals surface area contributed by atoms with Crippen LogP contribution >= 0.6 is 0 Å². The van der Waals surface area contributed by atoms with Crippen molar-refractivity contribution in [1.82, 2.24) is 18.7 Å². The Balaban J connectivity index is 1.33. The van der Waals surface area contributed by atoms with Crippen molar-refractivity contribution in [2.75, 3.05) is 0 Å². The second-order valence-electron chi connectivity index (χ2n) is 12.4. The van der Waals surface area contributed by atoms with Crippen molar-refractivity contribution in [2.24, 2.45) is 0 Å². The second kappa shape index (κ2) is 10.7. The standard InChI is InChI=1S/C44H28N4O/c49-44-37-22-7-10-23-38(37)45-43(48(44)31-17-5-2-6-18-31)29-14-13-19-32(28-29)47-40-25-12-9-21-34(40)36-27-26-35-33-20-8-11-24-39(33)46(41(35)42(36)47)30-15-3-1-4-16-30/h1-28H. The summed E-state index contributed by atoms with van der Waals surface area (Å²) in [5, 5.41) is 5.35. The number of aromatic nitrogens is 4. The van der Waals surface area contributed by atoms with Crippen molar-refractivity contribution in [2.45, 2.75) is 0 Å². The fourth-order valence-corrected chi connectivity index (χ4v) is 7.54. The molecule has 0 aliphatic rings. The average molecular weight is 629 g/mol. The van der Waals surface area contributed by atoms with E-state index in [0.717, 1.165) is 44.7 Å². The van der Waals surface area contributed by atoms with Crippen LogP contribution in [0.4, 0.5) is 0 Å². The molecule has 0 atom stereocenters. The molecule has 0 bridgehead atoms. The van der Waals surface area contributed by atoms with Gasteiger partial charge < -0.3 is 9.13 Å². The highest BCUT2D eigenvalue weighted by molar-refractivity contribution is 6.23. The molecule has 10 rings (SSSR count). The Morgan fingerprint density at radius 1 is 0.388 bits per heavy atom. The third-order valence-electron chi connectivity index (χ3n) is 9.64. The molecule has 3 aromatic heterocycles. The highest BCUT2D eigenvalue weighted by Crippen LogP contribution is 2.42. The van der Waals surface area contributed by atoms with E-state index in [1.807, 2.05) is 60.7 Å². The summed E-state index contributed by atoms with van der Waals surface area (Å²) < 4.78 is 6.50. The third kappa shape index (κ3) is 4.06. The predicted molar refractivity (Wildman–Crippen MR) is 201 cm³/mol. The molecule has 0 amide bonds. The number of fused-ring (bicyclic) bond motifs is 8. The molecule has 0 unspecified atom stereocenters. The van der Waals surface area contributed by atoms with Gasteiger partial charge in [-0.25, -0.2) is 4.98 Å². The first-order valence-corrected chi connectivity index (χ1v) is 16.4. The average Bonchev–Trinajstić information content (AvgIpc) is 3.69. The van der Waals surface area contributed by atoms with Gasteiger partial charge in [-0.15, -0.1) is 0 Å². The van der Waals surface area contributed by atoms with Gasteiger partial charge in [0.25, 0.3) is 5.56 Å². The van der Waals surface area contributed by atoms with Crippen LogP contribution in [-0.2, 0) is 0 Å². The van der Waals surface area contributed by atoms with Gasteiger partial charge in [-0.05, 0) is 60.7 Å². The fourth-order valence-electron chi connectivity index (χ4n) is 7.54. The number of hydrogen-bond acceptors (Lipinski definition) is 2. The Labute approximate surface area is 281 Å². The quantitative estimate of drug-likeness (QED) is 0.195. The van der Waals surface area contributed by atoms with Crippen molar-refractivity contribution in [1.29, 1.82) is 0 Å². The predicted octanol–water partition coefficient (Wildman–Crippen LogP) is 10.2. The largest absolute Gasteiger partial charge is 0.307 e. The van der Waals surface area contributed by atoms with Crippen LogP contribution in [0.2, 0.25) is 0 Å². The summed E-state index contributed by atoms with van der Waals surface area (Å²) in [6.45, 7) is 0. The fraction of sp³-hybridized carbons (Fsp3) is 0. The zero-order chi connectivity index (χ0) is 32.5. The van der Waals surface area contributed by atoms with Crippen molar-refractivity contribution in [3.63, 3.8) is 0 Å². The van der Waals surface area contributed by atoms with Crippen molar-refractivity contribution in [3.05, 3.63) is 180 Å². The molecule has 49 heavy (non-hydrogen) atoms. The summed E-state index contributed by atoms with van der Waals surface area (Å²) >= 11 is 0. The first kappa shape index (κ1) is 27.4. The van der Waals surface area contributed by atoms with Gasteiger partial charge in [-0.1, -0.05) is 109 Å². The molecule has 0 aliphatic carbocycles. The maximum Gasteiger partial charge on any atom is 0.266 e. The van der Waals surface area contributed by atoms with Gasteiger partial charge in [-0.3, -0.25) is 9.36 Å². The van der Waals surface area contributed by atoms with E-state index in [9.17, 15) is 4.79 Å². The van der Waals surface area contributed by atoms with Crippen LogP contribution in [0.3, 0.4) is 0 Å². The Kier molecular flexibility index (Phi) is 5.96. The van der Waals surface area contributed by atoms with Crippen LogP contribution in [0.25, 0.3) is 83.0 Å². The maximum absolute atomic E-state index is 14.1. The van der Waals surface area contributed by atoms with Gasteiger partial charge in [0.15, 0.2) is 0 Å². The number of hydrogen-bond donors (Lipinski definition) is 0. The molecule has 10 aromatic rings. The second-order valence-corrected chi connectivity index (χ2v) is 12.4. The minimum Gasteiger partial charge on any atom is -0.307 e. The summed E-state index contributed by atoms with van der Waals surface area (Å²) in [6.07, 6.45) is 0. The lowest BCUT2D eigenvalue weighted by Crippen LogP contribution is -2.22. The van der Waals surface area contributed by atoms with E-state index in [1.54, 1.807) is 4.57 Å². The van der Waals surface area contributed by atoms with Crippen LogP contribution in [0.5, 0.6) is 0 Å². The van der Waals surface area contributed by atoms with Crippen LogP contribution in [0.15, 0.2) is 175 Å². The molecule has 5 nitrogen and oxygen atoms in total. The number of benzene rings is 7. The van der Waals surface area contributed by atoms with Gasteiger partial charge in [0.2, 0.25) is 0 Å². The minimum atomic E-state index is -0.0943. The van der Waals surface area contributed by atoms with Crippen LogP contribution < -0.4 is 5.56 Å². The van der Waals surface area contributed by atoms with Crippen molar-refractivity contribution < 1.29 is 0 Å². The Bertz CT molecular complexity index is 2950. The minimum absolute atomic E-state index is 0.0943. The van der Waals surface area contributed by atoms with Gasteiger partial charge in [0.05, 0.1) is 38.7 Å². The number of nitrogens with zero attached hydrogens (tertiary/aromatic N) is 4. The monoisotopic (exact) mass is 628 g/mol. The topological polar surface area (TPSA) is 44.8 Å². The molecule has 0 radical (unpaired) electrons. The van der Waals surface area contributed by atoms with Crippen LogP contribution in [0, 0.1) is 0 Å². The molecular weight excluding hydrogens is 601 g/mol. The highest BCUT2D eigenvalue weighted by atomic mass is 16.1. The van der Waals surface area contributed by atoms with E-state index in [2.05, 4.69) is 118 Å². The Hall–Kier alpha value is -6.72. The molecule has 230 valence electrons. The molecule has 0 saturated carbocycles. The highest BCUT2D eigenvalue weighted by Gasteiger charge is 2.22. The first-order chi connectivity index (χ1) is 24.3. The molecule has 0 aliphatic heterocycles. The molecule has 5 heteroatoms. The van der Waals surface area contributed by atoms with Gasteiger partial charge in [0.1, 0.15) is 5.82 Å². The SMILES string of the molecule is O=c1c2ccccc2nc(-c2cccc(-n3c4ccccc4c4ccc5c6ccccc6n(-c6ccccc6)c5c43)c2)n1-c1ccccc1. The molecule has 3 heterocycles. The normalized spacial score (nSPS) is 11.8.